The van der Waals surface area contributed by atoms with Crippen molar-refractivity contribution in [3.05, 3.63) is 34.1 Å². The van der Waals surface area contributed by atoms with Crippen LogP contribution in [-0.4, -0.2) is 24.4 Å². The third-order valence-electron chi connectivity index (χ3n) is 2.40. The first kappa shape index (κ1) is 13.6. The van der Waals surface area contributed by atoms with Gasteiger partial charge in [-0.2, -0.15) is 0 Å². The summed E-state index contributed by atoms with van der Waals surface area (Å²) in [7, 11) is 1.61. The Hall–Kier alpha value is -0.450. The Kier molecular flexibility index (Phi) is 5.38. The number of ether oxygens (including phenoxy) is 1. The minimum atomic E-state index is -0.511. The second kappa shape index (κ2) is 6.33. The summed E-state index contributed by atoms with van der Waals surface area (Å²) in [5.41, 5.74) is 0.780. The number of hydrogen-bond acceptors (Lipinski definition) is 2. The number of methoxy groups -OCH3 is 1. The van der Waals surface area contributed by atoms with Gasteiger partial charge in [-0.3, -0.25) is 0 Å². The standard InChI is InChI=1S/C12H16BrFO2/c1-8(16-2)3-12(15)6-9-4-10(13)7-11(14)5-9/h4-5,7-8,12,15H,3,6H2,1-2H3. The molecule has 4 heteroatoms. The van der Waals surface area contributed by atoms with E-state index in [-0.39, 0.29) is 11.9 Å². The van der Waals surface area contributed by atoms with Gasteiger partial charge in [0.1, 0.15) is 5.82 Å². The highest BCUT2D eigenvalue weighted by atomic mass is 79.9. The van der Waals surface area contributed by atoms with E-state index >= 15 is 0 Å². The van der Waals surface area contributed by atoms with Crippen LogP contribution in [0.1, 0.15) is 18.9 Å². The van der Waals surface area contributed by atoms with Crippen LogP contribution >= 0.6 is 15.9 Å². The lowest BCUT2D eigenvalue weighted by Gasteiger charge is -2.15. The van der Waals surface area contributed by atoms with Crippen LogP contribution in [0.3, 0.4) is 0 Å². The van der Waals surface area contributed by atoms with Gasteiger partial charge in [-0.05, 0) is 43.5 Å². The van der Waals surface area contributed by atoms with E-state index in [1.54, 1.807) is 7.11 Å². The third-order valence-corrected chi connectivity index (χ3v) is 2.86. The van der Waals surface area contributed by atoms with E-state index in [0.29, 0.717) is 17.3 Å². The highest BCUT2D eigenvalue weighted by Gasteiger charge is 2.11. The Morgan fingerprint density at radius 1 is 1.44 bits per heavy atom. The number of hydrogen-bond donors (Lipinski definition) is 1. The smallest absolute Gasteiger partial charge is 0.124 e. The summed E-state index contributed by atoms with van der Waals surface area (Å²) in [5, 5.41) is 9.77. The van der Waals surface area contributed by atoms with Crippen molar-refractivity contribution in [2.75, 3.05) is 7.11 Å². The number of aliphatic hydroxyl groups is 1. The lowest BCUT2D eigenvalue weighted by atomic mass is 10.0. The first-order chi connectivity index (χ1) is 7.51. The van der Waals surface area contributed by atoms with Crippen LogP contribution in [0, 0.1) is 5.82 Å². The molecule has 0 aromatic heterocycles. The van der Waals surface area contributed by atoms with Crippen LogP contribution in [-0.2, 0) is 11.2 Å². The van der Waals surface area contributed by atoms with E-state index in [0.717, 1.165) is 5.56 Å². The van der Waals surface area contributed by atoms with Gasteiger partial charge in [-0.25, -0.2) is 4.39 Å². The van der Waals surface area contributed by atoms with E-state index in [1.165, 1.54) is 12.1 Å². The highest BCUT2D eigenvalue weighted by molar-refractivity contribution is 9.10. The van der Waals surface area contributed by atoms with Crippen molar-refractivity contribution >= 4 is 15.9 Å². The lowest BCUT2D eigenvalue weighted by Crippen LogP contribution is -2.19. The Morgan fingerprint density at radius 2 is 2.12 bits per heavy atom. The van der Waals surface area contributed by atoms with Gasteiger partial charge in [-0.15, -0.1) is 0 Å². The fourth-order valence-electron chi connectivity index (χ4n) is 1.56. The van der Waals surface area contributed by atoms with Crippen LogP contribution in [0.15, 0.2) is 22.7 Å². The van der Waals surface area contributed by atoms with E-state index in [4.69, 9.17) is 4.74 Å². The van der Waals surface area contributed by atoms with Crippen LogP contribution in [0.2, 0.25) is 0 Å². The van der Waals surface area contributed by atoms with Gasteiger partial charge < -0.3 is 9.84 Å². The molecule has 0 fully saturated rings. The van der Waals surface area contributed by atoms with Crippen molar-refractivity contribution in [3.63, 3.8) is 0 Å². The zero-order chi connectivity index (χ0) is 12.1. The van der Waals surface area contributed by atoms with Gasteiger partial charge in [0.05, 0.1) is 12.2 Å². The molecule has 1 rings (SSSR count). The molecular weight excluding hydrogens is 275 g/mol. The Bertz CT molecular complexity index is 324. The fourth-order valence-corrected chi connectivity index (χ4v) is 2.08. The molecule has 16 heavy (non-hydrogen) atoms. The largest absolute Gasteiger partial charge is 0.393 e. The van der Waals surface area contributed by atoms with Gasteiger partial charge >= 0.3 is 0 Å². The Morgan fingerprint density at radius 3 is 2.69 bits per heavy atom. The summed E-state index contributed by atoms with van der Waals surface area (Å²) in [6, 6.07) is 4.64. The molecule has 2 atom stereocenters. The van der Waals surface area contributed by atoms with E-state index in [9.17, 15) is 9.50 Å². The van der Waals surface area contributed by atoms with Crippen LogP contribution in [0.4, 0.5) is 4.39 Å². The van der Waals surface area contributed by atoms with Gasteiger partial charge in [0.2, 0.25) is 0 Å². The predicted octanol–water partition coefficient (Wildman–Crippen LogP) is 2.92. The number of aliphatic hydroxyl groups excluding tert-OH is 1. The zero-order valence-corrected chi connectivity index (χ0v) is 11.0. The van der Waals surface area contributed by atoms with Crippen molar-refractivity contribution in [2.24, 2.45) is 0 Å². The molecular formula is C12H16BrFO2. The maximum Gasteiger partial charge on any atom is 0.124 e. The van der Waals surface area contributed by atoms with Gasteiger partial charge in [0.25, 0.3) is 0 Å². The third kappa shape index (κ3) is 4.60. The molecule has 0 saturated heterocycles. The Balaban J connectivity index is 2.58. The number of benzene rings is 1. The first-order valence-corrected chi connectivity index (χ1v) is 5.96. The van der Waals surface area contributed by atoms with Gasteiger partial charge in [0.15, 0.2) is 0 Å². The first-order valence-electron chi connectivity index (χ1n) is 5.17. The van der Waals surface area contributed by atoms with Crippen molar-refractivity contribution < 1.29 is 14.2 Å². The minimum Gasteiger partial charge on any atom is -0.393 e. The average molecular weight is 291 g/mol. The molecule has 0 heterocycles. The quantitative estimate of drug-likeness (QED) is 0.904. The molecule has 0 bridgehead atoms. The second-order valence-electron chi connectivity index (χ2n) is 3.92. The maximum absolute atomic E-state index is 13.1. The summed E-state index contributed by atoms with van der Waals surface area (Å²) in [6.07, 6.45) is 0.477. The molecule has 0 amide bonds. The summed E-state index contributed by atoms with van der Waals surface area (Å²) in [6.45, 7) is 1.89. The van der Waals surface area contributed by atoms with E-state index < -0.39 is 6.10 Å². The van der Waals surface area contributed by atoms with Gasteiger partial charge in [-0.1, -0.05) is 15.9 Å². The monoisotopic (exact) mass is 290 g/mol. The summed E-state index contributed by atoms with van der Waals surface area (Å²) in [5.74, 6) is -0.295. The molecule has 90 valence electrons. The molecule has 0 aliphatic heterocycles. The topological polar surface area (TPSA) is 29.5 Å². The molecule has 0 spiro atoms. The lowest BCUT2D eigenvalue weighted by molar-refractivity contribution is 0.0565. The summed E-state index contributed by atoms with van der Waals surface area (Å²) >= 11 is 3.22. The molecule has 1 aromatic carbocycles. The maximum atomic E-state index is 13.1. The van der Waals surface area contributed by atoms with E-state index in [2.05, 4.69) is 15.9 Å². The molecule has 0 saturated carbocycles. The molecule has 2 nitrogen and oxygen atoms in total. The van der Waals surface area contributed by atoms with E-state index in [1.807, 2.05) is 13.0 Å². The average Bonchev–Trinajstić information content (AvgIpc) is 2.15. The molecule has 0 aliphatic carbocycles. The van der Waals surface area contributed by atoms with Crippen LogP contribution in [0.25, 0.3) is 0 Å². The molecule has 1 N–H and O–H groups in total. The predicted molar refractivity (Wildman–Crippen MR) is 64.9 cm³/mol. The molecule has 0 aliphatic rings. The SMILES string of the molecule is COC(C)CC(O)Cc1cc(F)cc(Br)c1. The van der Waals surface area contributed by atoms with Crippen molar-refractivity contribution in [1.82, 2.24) is 0 Å². The van der Waals surface area contributed by atoms with Crippen LogP contribution < -0.4 is 0 Å². The fraction of sp³-hybridized carbons (Fsp3) is 0.500. The van der Waals surface area contributed by atoms with Crippen molar-refractivity contribution in [2.45, 2.75) is 32.0 Å². The minimum absolute atomic E-state index is 0.00648. The number of rotatable bonds is 5. The normalized spacial score (nSPS) is 14.8. The highest BCUT2D eigenvalue weighted by Crippen LogP contribution is 2.17. The molecule has 0 radical (unpaired) electrons. The summed E-state index contributed by atoms with van der Waals surface area (Å²) in [4.78, 5) is 0. The molecule has 1 aromatic rings. The number of halogens is 2. The zero-order valence-electron chi connectivity index (χ0n) is 9.41. The second-order valence-corrected chi connectivity index (χ2v) is 4.83. The van der Waals surface area contributed by atoms with Crippen molar-refractivity contribution in [1.29, 1.82) is 0 Å². The van der Waals surface area contributed by atoms with Crippen LogP contribution in [0.5, 0.6) is 0 Å². The summed E-state index contributed by atoms with van der Waals surface area (Å²) < 4.78 is 18.8. The van der Waals surface area contributed by atoms with Gasteiger partial charge in [0, 0.05) is 11.6 Å². The Labute approximate surface area is 104 Å². The van der Waals surface area contributed by atoms with Crippen molar-refractivity contribution in [3.8, 4) is 0 Å². The molecule has 2 unspecified atom stereocenters.